The minimum Gasteiger partial charge on any atom is -0.396 e. The number of rotatable bonds is 6. The van der Waals surface area contributed by atoms with Crippen LogP contribution in [0.25, 0.3) is 0 Å². The van der Waals surface area contributed by atoms with E-state index in [4.69, 9.17) is 5.11 Å². The first kappa shape index (κ1) is 11.9. The topological polar surface area (TPSA) is 58.0 Å². The lowest BCUT2D eigenvalue weighted by Crippen LogP contribution is -2.24. The summed E-state index contributed by atoms with van der Waals surface area (Å²) in [7, 11) is 0. The molecule has 0 aliphatic carbocycles. The fourth-order valence-electron chi connectivity index (χ4n) is 1.35. The molecule has 0 spiro atoms. The Morgan fingerprint density at radius 1 is 1.33 bits per heavy atom. The van der Waals surface area contributed by atoms with Gasteiger partial charge in [0.2, 0.25) is 5.95 Å². The number of aliphatic hydroxyl groups excluding tert-OH is 1. The molecule has 0 amide bonds. The average molecular weight is 209 g/mol. The van der Waals surface area contributed by atoms with Crippen LogP contribution in [0.3, 0.4) is 0 Å². The van der Waals surface area contributed by atoms with E-state index in [0.717, 1.165) is 19.4 Å². The molecular weight excluding hydrogens is 190 g/mol. The van der Waals surface area contributed by atoms with Crippen LogP contribution in [-0.2, 0) is 0 Å². The maximum atomic E-state index is 8.77. The number of aliphatic hydroxyl groups is 1. The Kier molecular flexibility index (Phi) is 4.49. The van der Waals surface area contributed by atoms with E-state index in [0.29, 0.717) is 5.95 Å². The summed E-state index contributed by atoms with van der Waals surface area (Å²) in [6.45, 7) is 5.40. The fourth-order valence-corrected chi connectivity index (χ4v) is 1.35. The molecule has 0 fully saturated rings. The zero-order valence-electron chi connectivity index (χ0n) is 9.40. The van der Waals surface area contributed by atoms with Crippen LogP contribution in [0.2, 0.25) is 0 Å². The second-order valence-corrected chi connectivity index (χ2v) is 4.42. The lowest BCUT2D eigenvalue weighted by molar-refractivity contribution is 0.247. The van der Waals surface area contributed by atoms with Gasteiger partial charge in [-0.25, -0.2) is 9.97 Å². The predicted octanol–water partition coefficient (Wildman–Crippen LogP) is 1.69. The van der Waals surface area contributed by atoms with E-state index in [-0.39, 0.29) is 12.0 Å². The molecule has 1 aromatic heterocycles. The molecule has 2 N–H and O–H groups in total. The van der Waals surface area contributed by atoms with Crippen molar-refractivity contribution in [2.45, 2.75) is 26.7 Å². The summed E-state index contributed by atoms with van der Waals surface area (Å²) < 4.78 is 0. The van der Waals surface area contributed by atoms with E-state index in [9.17, 15) is 0 Å². The molecule has 1 aromatic rings. The summed E-state index contributed by atoms with van der Waals surface area (Å²) in [4.78, 5) is 8.18. The molecule has 1 rings (SSSR count). The van der Waals surface area contributed by atoms with Crippen molar-refractivity contribution in [3.8, 4) is 0 Å². The van der Waals surface area contributed by atoms with Crippen LogP contribution < -0.4 is 5.32 Å². The van der Waals surface area contributed by atoms with Crippen LogP contribution in [0.4, 0.5) is 5.95 Å². The van der Waals surface area contributed by atoms with Crippen LogP contribution in [0, 0.1) is 5.41 Å². The second-order valence-electron chi connectivity index (χ2n) is 4.42. The number of hydrogen-bond donors (Lipinski definition) is 2. The van der Waals surface area contributed by atoms with Crippen molar-refractivity contribution in [2.24, 2.45) is 5.41 Å². The van der Waals surface area contributed by atoms with Gasteiger partial charge in [-0.2, -0.15) is 0 Å². The Morgan fingerprint density at radius 3 is 2.60 bits per heavy atom. The van der Waals surface area contributed by atoms with Gasteiger partial charge in [-0.3, -0.25) is 0 Å². The van der Waals surface area contributed by atoms with Crippen molar-refractivity contribution in [3.05, 3.63) is 18.5 Å². The molecule has 0 atom stereocenters. The highest BCUT2D eigenvalue weighted by Gasteiger charge is 2.17. The predicted molar refractivity (Wildman–Crippen MR) is 60.6 cm³/mol. The molecule has 0 bridgehead atoms. The van der Waals surface area contributed by atoms with Crippen LogP contribution in [-0.4, -0.2) is 28.2 Å². The summed E-state index contributed by atoms with van der Waals surface area (Å²) in [5.41, 5.74) is 0.155. The van der Waals surface area contributed by atoms with Gasteiger partial charge < -0.3 is 10.4 Å². The number of nitrogens with one attached hydrogen (secondary N) is 1. The summed E-state index contributed by atoms with van der Waals surface area (Å²) in [5, 5.41) is 12.0. The summed E-state index contributed by atoms with van der Waals surface area (Å²) in [5.74, 6) is 0.662. The molecule has 4 heteroatoms. The highest BCUT2D eigenvalue weighted by atomic mass is 16.2. The van der Waals surface area contributed by atoms with Crippen LogP contribution in [0.15, 0.2) is 18.5 Å². The van der Waals surface area contributed by atoms with Crippen LogP contribution in [0.1, 0.15) is 26.7 Å². The van der Waals surface area contributed by atoms with Gasteiger partial charge in [0.1, 0.15) is 0 Å². The Hall–Kier alpha value is -1.16. The molecule has 0 aromatic carbocycles. The monoisotopic (exact) mass is 209 g/mol. The van der Waals surface area contributed by atoms with Gasteiger partial charge in [-0.15, -0.1) is 0 Å². The lowest BCUT2D eigenvalue weighted by atomic mass is 9.88. The van der Waals surface area contributed by atoms with E-state index >= 15 is 0 Å². The van der Waals surface area contributed by atoms with E-state index < -0.39 is 0 Å². The van der Waals surface area contributed by atoms with Gasteiger partial charge in [0.25, 0.3) is 0 Å². The molecular formula is C11H19N3O. The van der Waals surface area contributed by atoms with Crippen molar-refractivity contribution in [3.63, 3.8) is 0 Å². The SMILES string of the molecule is CC(C)(CCCO)CNc1ncccn1. The molecule has 0 aliphatic rings. The average Bonchev–Trinajstić information content (AvgIpc) is 2.25. The number of hydrogen-bond acceptors (Lipinski definition) is 4. The normalized spacial score (nSPS) is 11.4. The van der Waals surface area contributed by atoms with Gasteiger partial charge in [-0.05, 0) is 24.3 Å². The Labute approximate surface area is 90.8 Å². The van der Waals surface area contributed by atoms with E-state index in [1.54, 1.807) is 18.5 Å². The third-order valence-electron chi connectivity index (χ3n) is 2.30. The van der Waals surface area contributed by atoms with Crippen molar-refractivity contribution in [2.75, 3.05) is 18.5 Å². The molecule has 4 nitrogen and oxygen atoms in total. The first-order valence-electron chi connectivity index (χ1n) is 5.26. The molecule has 0 saturated carbocycles. The fraction of sp³-hybridized carbons (Fsp3) is 0.636. The number of nitrogens with zero attached hydrogens (tertiary/aromatic N) is 2. The molecule has 0 radical (unpaired) electrons. The number of anilines is 1. The Bertz CT molecular complexity index is 274. The largest absolute Gasteiger partial charge is 0.396 e. The van der Waals surface area contributed by atoms with Crippen molar-refractivity contribution in [1.29, 1.82) is 0 Å². The minimum absolute atomic E-state index is 0.155. The molecule has 1 heterocycles. The zero-order valence-corrected chi connectivity index (χ0v) is 9.40. The van der Waals surface area contributed by atoms with Gasteiger partial charge in [0.15, 0.2) is 0 Å². The standard InChI is InChI=1S/C11H19N3O/c1-11(2,5-3-8-15)9-14-10-12-6-4-7-13-10/h4,6-7,15H,3,5,8-9H2,1-2H3,(H,12,13,14). The van der Waals surface area contributed by atoms with Gasteiger partial charge in [-0.1, -0.05) is 13.8 Å². The van der Waals surface area contributed by atoms with Crippen LogP contribution >= 0.6 is 0 Å². The smallest absolute Gasteiger partial charge is 0.222 e. The molecule has 84 valence electrons. The quantitative estimate of drug-likeness (QED) is 0.748. The maximum absolute atomic E-state index is 8.77. The van der Waals surface area contributed by atoms with Gasteiger partial charge >= 0.3 is 0 Å². The third kappa shape index (κ3) is 4.74. The molecule has 15 heavy (non-hydrogen) atoms. The van der Waals surface area contributed by atoms with E-state index in [1.165, 1.54) is 0 Å². The van der Waals surface area contributed by atoms with Crippen molar-refractivity contribution < 1.29 is 5.11 Å². The molecule has 0 saturated heterocycles. The third-order valence-corrected chi connectivity index (χ3v) is 2.30. The number of aromatic nitrogens is 2. The first-order chi connectivity index (χ1) is 7.14. The summed E-state index contributed by atoms with van der Waals surface area (Å²) in [6, 6.07) is 1.79. The Balaban J connectivity index is 2.35. The van der Waals surface area contributed by atoms with Gasteiger partial charge in [0, 0.05) is 25.5 Å². The van der Waals surface area contributed by atoms with Gasteiger partial charge in [0.05, 0.1) is 0 Å². The minimum atomic E-state index is 0.155. The summed E-state index contributed by atoms with van der Waals surface area (Å²) in [6.07, 6.45) is 5.26. The van der Waals surface area contributed by atoms with Crippen LogP contribution in [0.5, 0.6) is 0 Å². The van der Waals surface area contributed by atoms with Crippen molar-refractivity contribution >= 4 is 5.95 Å². The molecule has 0 aliphatic heterocycles. The van der Waals surface area contributed by atoms with E-state index in [2.05, 4.69) is 29.1 Å². The zero-order chi connectivity index (χ0) is 11.1. The molecule has 0 unspecified atom stereocenters. The van der Waals surface area contributed by atoms with Crippen molar-refractivity contribution in [1.82, 2.24) is 9.97 Å². The second kappa shape index (κ2) is 5.66. The Morgan fingerprint density at radius 2 is 2.00 bits per heavy atom. The highest BCUT2D eigenvalue weighted by molar-refractivity contribution is 5.22. The maximum Gasteiger partial charge on any atom is 0.222 e. The lowest BCUT2D eigenvalue weighted by Gasteiger charge is -2.24. The highest BCUT2D eigenvalue weighted by Crippen LogP contribution is 2.21. The van der Waals surface area contributed by atoms with E-state index in [1.807, 2.05) is 0 Å². The summed E-state index contributed by atoms with van der Waals surface area (Å²) >= 11 is 0. The first-order valence-corrected chi connectivity index (χ1v) is 5.26.